The minimum absolute atomic E-state index is 0.0143. The Morgan fingerprint density at radius 1 is 1.15 bits per heavy atom. The number of methoxy groups -OCH3 is 1. The molecule has 6 heteroatoms. The van der Waals surface area contributed by atoms with E-state index in [1.165, 1.54) is 12.1 Å². The Labute approximate surface area is 199 Å². The molecule has 0 amide bonds. The van der Waals surface area contributed by atoms with E-state index in [0.29, 0.717) is 36.7 Å². The summed E-state index contributed by atoms with van der Waals surface area (Å²) in [7, 11) is 1.62. The van der Waals surface area contributed by atoms with Gasteiger partial charge in [0.2, 0.25) is 0 Å². The molecule has 1 unspecified atom stereocenters. The molecule has 0 bridgehead atoms. The number of ketones is 1. The van der Waals surface area contributed by atoms with Crippen molar-refractivity contribution in [3.05, 3.63) is 76.8 Å². The van der Waals surface area contributed by atoms with E-state index in [4.69, 9.17) is 9.47 Å². The molecule has 2 atom stereocenters. The van der Waals surface area contributed by atoms with Gasteiger partial charge in [-0.3, -0.25) is 4.79 Å². The molecule has 1 saturated heterocycles. The monoisotopic (exact) mass is 460 g/mol. The maximum Gasteiger partial charge on any atom is 0.197 e. The van der Waals surface area contributed by atoms with Crippen LogP contribution in [0.2, 0.25) is 0 Å². The van der Waals surface area contributed by atoms with Crippen LogP contribution in [0.1, 0.15) is 42.9 Å². The molecule has 1 N–H and O–H groups in total. The number of carbonyl (C=O) groups excluding carboxylic acids is 1. The van der Waals surface area contributed by atoms with E-state index in [2.05, 4.69) is 12.2 Å². The zero-order valence-electron chi connectivity index (χ0n) is 19.6. The van der Waals surface area contributed by atoms with Crippen LogP contribution >= 0.6 is 0 Å². The lowest BCUT2D eigenvalue weighted by atomic mass is 9.81. The van der Waals surface area contributed by atoms with Crippen molar-refractivity contribution in [3.8, 4) is 11.8 Å². The second-order valence-electron chi connectivity index (χ2n) is 8.90. The number of carbonyl (C=O) groups is 1. The highest BCUT2D eigenvalue weighted by atomic mass is 19.1. The van der Waals surface area contributed by atoms with Crippen molar-refractivity contribution >= 4 is 16.9 Å². The SMILES string of the molecule is COc1ccc(/C2=C(c3ccc(C#N)c(F)c3)/C=C(/OC[C@H]3CCNC3)C(=O)CCC2C)cc1. The van der Waals surface area contributed by atoms with Crippen LogP contribution in [-0.4, -0.2) is 32.6 Å². The molecule has 2 aromatic rings. The normalized spacial score (nSPS) is 24.5. The zero-order valence-corrected chi connectivity index (χ0v) is 19.6. The highest BCUT2D eigenvalue weighted by molar-refractivity contribution is 6.03. The van der Waals surface area contributed by atoms with Crippen molar-refractivity contribution in [3.63, 3.8) is 0 Å². The lowest BCUT2D eigenvalue weighted by Crippen LogP contribution is -2.18. The Kier molecular flexibility index (Phi) is 7.44. The molecule has 176 valence electrons. The van der Waals surface area contributed by atoms with E-state index < -0.39 is 5.82 Å². The van der Waals surface area contributed by atoms with Crippen molar-refractivity contribution in [2.45, 2.75) is 26.2 Å². The molecular formula is C28H29FN2O3. The van der Waals surface area contributed by atoms with E-state index in [0.717, 1.165) is 42.0 Å². The Bertz CT molecular complexity index is 1160. The fourth-order valence-corrected chi connectivity index (χ4v) is 4.58. The van der Waals surface area contributed by atoms with Crippen LogP contribution in [-0.2, 0) is 9.53 Å². The molecule has 0 saturated carbocycles. The number of allylic oxidation sites excluding steroid dienone is 4. The van der Waals surface area contributed by atoms with Crippen LogP contribution in [0.25, 0.3) is 11.1 Å². The molecule has 0 spiro atoms. The molecule has 34 heavy (non-hydrogen) atoms. The standard InChI is InChI=1S/C28H29FN2O3/c1-18-3-10-26(32)27(34-17-19-11-12-31-16-19)14-24(21-4-5-22(15-30)25(29)13-21)28(18)20-6-8-23(33-2)9-7-20/h4-9,13-14,18-19,31H,3,10-12,16-17H2,1-2H3/b27-14+,28-24-/t18?,19-/m0/s1. The summed E-state index contributed by atoms with van der Waals surface area (Å²) in [5, 5.41) is 12.5. The third-order valence-corrected chi connectivity index (χ3v) is 6.58. The first-order valence-electron chi connectivity index (χ1n) is 11.7. The molecule has 5 nitrogen and oxygen atoms in total. The summed E-state index contributed by atoms with van der Waals surface area (Å²) >= 11 is 0. The third kappa shape index (κ3) is 5.21. The number of Topliss-reactive ketones (excluding diaryl/α,β-unsaturated/α-hetero) is 1. The second-order valence-corrected chi connectivity index (χ2v) is 8.90. The highest BCUT2D eigenvalue weighted by Crippen LogP contribution is 2.39. The number of nitrogens with zero attached hydrogens (tertiary/aromatic N) is 1. The Hall–Kier alpha value is -3.43. The van der Waals surface area contributed by atoms with Crippen LogP contribution in [0.3, 0.4) is 0 Å². The maximum atomic E-state index is 14.7. The Morgan fingerprint density at radius 2 is 1.91 bits per heavy atom. The molecule has 4 rings (SSSR count). The second kappa shape index (κ2) is 10.7. The maximum absolute atomic E-state index is 14.7. The number of hydrogen-bond donors (Lipinski definition) is 1. The predicted octanol–water partition coefficient (Wildman–Crippen LogP) is 5.13. The lowest BCUT2D eigenvalue weighted by molar-refractivity contribution is -0.119. The minimum atomic E-state index is -0.587. The largest absolute Gasteiger partial charge is 0.497 e. The van der Waals surface area contributed by atoms with Crippen LogP contribution in [0.5, 0.6) is 5.75 Å². The molecule has 0 radical (unpaired) electrons. The van der Waals surface area contributed by atoms with E-state index >= 15 is 0 Å². The van der Waals surface area contributed by atoms with Gasteiger partial charge in [-0.25, -0.2) is 4.39 Å². The molecule has 1 aliphatic heterocycles. The minimum Gasteiger partial charge on any atom is -0.497 e. The van der Waals surface area contributed by atoms with Gasteiger partial charge in [0.25, 0.3) is 0 Å². The smallest absolute Gasteiger partial charge is 0.197 e. The molecule has 0 aromatic heterocycles. The first-order valence-corrected chi connectivity index (χ1v) is 11.7. The van der Waals surface area contributed by atoms with Gasteiger partial charge in [-0.1, -0.05) is 25.1 Å². The van der Waals surface area contributed by atoms with E-state index in [-0.39, 0.29) is 17.3 Å². The lowest BCUT2D eigenvalue weighted by Gasteiger charge is -2.24. The van der Waals surface area contributed by atoms with Crippen LogP contribution in [0.4, 0.5) is 4.39 Å². The Morgan fingerprint density at radius 3 is 2.56 bits per heavy atom. The zero-order chi connectivity index (χ0) is 24.1. The first kappa shape index (κ1) is 23.7. The summed E-state index contributed by atoms with van der Waals surface area (Å²) < 4.78 is 26.0. The predicted molar refractivity (Wildman–Crippen MR) is 129 cm³/mol. The Balaban J connectivity index is 1.86. The number of nitriles is 1. The fourth-order valence-electron chi connectivity index (χ4n) is 4.58. The van der Waals surface area contributed by atoms with Crippen molar-refractivity contribution in [2.24, 2.45) is 11.8 Å². The van der Waals surface area contributed by atoms with Gasteiger partial charge >= 0.3 is 0 Å². The van der Waals surface area contributed by atoms with Gasteiger partial charge in [0.05, 0.1) is 19.3 Å². The number of benzene rings is 2. The van der Waals surface area contributed by atoms with Crippen molar-refractivity contribution in [1.29, 1.82) is 5.26 Å². The van der Waals surface area contributed by atoms with E-state index in [1.54, 1.807) is 19.3 Å². The first-order chi connectivity index (χ1) is 16.5. The highest BCUT2D eigenvalue weighted by Gasteiger charge is 2.25. The summed E-state index contributed by atoms with van der Waals surface area (Å²) in [5.41, 5.74) is 3.29. The number of rotatable bonds is 6. The van der Waals surface area contributed by atoms with Crippen molar-refractivity contribution in [1.82, 2.24) is 5.32 Å². The molecule has 2 aliphatic rings. The molecule has 1 fully saturated rings. The summed E-state index contributed by atoms with van der Waals surface area (Å²) in [6.07, 6.45) is 3.80. The quantitative estimate of drug-likeness (QED) is 0.647. The van der Waals surface area contributed by atoms with Gasteiger partial charge in [0.1, 0.15) is 17.6 Å². The molecule has 1 heterocycles. The average Bonchev–Trinajstić information content (AvgIpc) is 3.37. The third-order valence-electron chi connectivity index (χ3n) is 6.58. The summed E-state index contributed by atoms with van der Waals surface area (Å²) in [5.74, 6) is 0.828. The fraction of sp³-hybridized carbons (Fsp3) is 0.357. The van der Waals surface area contributed by atoms with Gasteiger partial charge < -0.3 is 14.8 Å². The van der Waals surface area contributed by atoms with Gasteiger partial charge in [-0.2, -0.15) is 5.26 Å². The summed E-state index contributed by atoms with van der Waals surface area (Å²) in [6.45, 7) is 4.37. The van der Waals surface area contributed by atoms with Gasteiger partial charge in [0.15, 0.2) is 11.5 Å². The number of ether oxygens (including phenoxy) is 2. The van der Waals surface area contributed by atoms with E-state index in [9.17, 15) is 14.4 Å². The van der Waals surface area contributed by atoms with Crippen LogP contribution < -0.4 is 10.1 Å². The average molecular weight is 461 g/mol. The molecular weight excluding hydrogens is 431 g/mol. The summed E-state index contributed by atoms with van der Waals surface area (Å²) in [6, 6.07) is 14.2. The van der Waals surface area contributed by atoms with Gasteiger partial charge in [0, 0.05) is 18.9 Å². The molecule has 2 aromatic carbocycles. The number of nitrogens with one attached hydrogen (secondary N) is 1. The number of hydrogen-bond acceptors (Lipinski definition) is 5. The van der Waals surface area contributed by atoms with Gasteiger partial charge in [-0.15, -0.1) is 0 Å². The van der Waals surface area contributed by atoms with Crippen LogP contribution in [0, 0.1) is 29.0 Å². The summed E-state index contributed by atoms with van der Waals surface area (Å²) in [4.78, 5) is 13.0. The van der Waals surface area contributed by atoms with Crippen LogP contribution in [0.15, 0.2) is 54.3 Å². The van der Waals surface area contributed by atoms with Gasteiger partial charge in [-0.05, 0) is 77.9 Å². The van der Waals surface area contributed by atoms with E-state index in [1.807, 2.05) is 30.3 Å². The van der Waals surface area contributed by atoms with Crippen molar-refractivity contribution in [2.75, 3.05) is 26.8 Å². The number of halogens is 1. The topological polar surface area (TPSA) is 71.3 Å². The molecule has 1 aliphatic carbocycles. The van der Waals surface area contributed by atoms with Crippen molar-refractivity contribution < 1.29 is 18.7 Å².